The quantitative estimate of drug-likeness (QED) is 0.0757. The summed E-state index contributed by atoms with van der Waals surface area (Å²) in [4.78, 5) is 78.5. The molecular formula is C46H44N8O11. The monoisotopic (exact) mass is 884 g/mol. The molecule has 3 aromatic carbocycles. The van der Waals surface area contributed by atoms with E-state index in [0.29, 0.717) is 41.3 Å². The van der Waals surface area contributed by atoms with E-state index < -0.39 is 45.9 Å². The number of rotatable bonds is 11. The summed E-state index contributed by atoms with van der Waals surface area (Å²) in [6, 6.07) is 26.2. The second kappa shape index (κ2) is 20.5. The molecule has 0 spiro atoms. The number of aromatic nitrogens is 7. The number of hydrogen-bond donors (Lipinski definition) is 8. The van der Waals surface area contributed by atoms with Gasteiger partial charge in [0.15, 0.2) is 5.56 Å². The van der Waals surface area contributed by atoms with Crippen LogP contribution in [0.15, 0.2) is 105 Å². The second-order valence-corrected chi connectivity index (χ2v) is 14.5. The molecule has 0 atom stereocenters. The number of carboxylic acids is 3. The molecular weight excluding hydrogens is 841 g/mol. The molecule has 0 unspecified atom stereocenters. The first-order chi connectivity index (χ1) is 31.2. The van der Waals surface area contributed by atoms with Crippen LogP contribution in [0.4, 0.5) is 5.69 Å². The number of carbonyl (C=O) groups is 3. The lowest BCUT2D eigenvalue weighted by molar-refractivity contribution is 0.0681. The number of benzene rings is 3. The van der Waals surface area contributed by atoms with Crippen LogP contribution in [0, 0.1) is 0 Å². The maximum Gasteiger partial charge on any atom is 0.345 e. The van der Waals surface area contributed by atoms with Crippen molar-refractivity contribution in [2.24, 2.45) is 0 Å². The van der Waals surface area contributed by atoms with E-state index >= 15 is 0 Å². The topological polar surface area (TPSA) is 298 Å². The average molecular weight is 885 g/mol. The van der Waals surface area contributed by atoms with E-state index in [4.69, 9.17) is 20.1 Å². The normalized spacial score (nSPS) is 11.8. The number of H-pyrrole nitrogens is 4. The molecule has 334 valence electrons. The largest absolute Gasteiger partial charge is 0.507 e. The minimum Gasteiger partial charge on any atom is -0.507 e. The highest BCUT2D eigenvalue weighted by atomic mass is 16.5. The van der Waals surface area contributed by atoms with E-state index in [9.17, 15) is 33.9 Å². The number of carboxylic acid groups (broad SMARTS) is 3. The lowest BCUT2D eigenvalue weighted by Gasteiger charge is -2.17. The lowest BCUT2D eigenvalue weighted by atomic mass is 10.0. The third-order valence-electron chi connectivity index (χ3n) is 10.5. The maximum atomic E-state index is 11.9. The summed E-state index contributed by atoms with van der Waals surface area (Å²) < 4.78 is 5.09. The molecule has 1 aliphatic heterocycles. The molecule has 7 aromatic rings. The zero-order valence-corrected chi connectivity index (χ0v) is 35.3. The van der Waals surface area contributed by atoms with E-state index in [1.54, 1.807) is 19.2 Å². The van der Waals surface area contributed by atoms with E-state index in [0.717, 1.165) is 52.3 Å². The molecule has 0 saturated carbocycles. The summed E-state index contributed by atoms with van der Waals surface area (Å²) in [5.41, 5.74) is 4.24. The highest BCUT2D eigenvalue weighted by Crippen LogP contribution is 2.28. The number of hydrogen-bond acceptors (Lipinski definition) is 12. The number of methoxy groups -OCH3 is 1. The standard InChI is InChI=1S/C16H16N2O4.C15H13N5O3.C15H15NO4/c19-13-9-12(17-15(20)14(13)16(21)22)10-3-5-11(6-4-10)18-7-1-2-8-18;1-2-8-7-11(15(22)23)14(21)16-12(8)9-3-5-10(6-4-9)13-17-19-20-18-13;1-3-9-8-12(15(18)19)14(17)16-13(9)10-4-6-11(20-2)7-5-10/h3-6,9H,1-2,7-8H2,(H,21,22)(H2,17,19,20);3-7H,2H2,1H3,(H,16,21)(H,22,23)(H,17,18,19,20);4-8H,3H2,1-2H3,(H,16,17)(H,18,19). The Kier molecular flexibility index (Phi) is 14.5. The summed E-state index contributed by atoms with van der Waals surface area (Å²) in [5, 5.41) is 50.3. The number of aromatic amines is 4. The highest BCUT2D eigenvalue weighted by molar-refractivity contribution is 5.91. The summed E-state index contributed by atoms with van der Waals surface area (Å²) >= 11 is 0. The van der Waals surface area contributed by atoms with Crippen LogP contribution in [0.5, 0.6) is 11.5 Å². The number of aryl methyl sites for hydroxylation is 2. The number of aromatic hydroxyl groups is 1. The Morgan fingerprint density at radius 1 is 0.646 bits per heavy atom. The van der Waals surface area contributed by atoms with Crippen LogP contribution >= 0.6 is 0 Å². The molecule has 1 aliphatic rings. The van der Waals surface area contributed by atoms with Gasteiger partial charge in [-0.25, -0.2) is 14.4 Å². The van der Waals surface area contributed by atoms with Gasteiger partial charge in [0.2, 0.25) is 5.82 Å². The van der Waals surface area contributed by atoms with Crippen molar-refractivity contribution in [1.29, 1.82) is 0 Å². The average Bonchev–Trinajstić information content (AvgIpc) is 4.06. The number of aromatic carboxylic acids is 3. The van der Waals surface area contributed by atoms with Crippen LogP contribution in [0.2, 0.25) is 0 Å². The number of pyridine rings is 3. The fourth-order valence-corrected chi connectivity index (χ4v) is 7.10. The second-order valence-electron chi connectivity index (χ2n) is 14.5. The number of anilines is 1. The number of nitrogens with zero attached hydrogens (tertiary/aromatic N) is 4. The van der Waals surface area contributed by atoms with Crippen LogP contribution in [0.25, 0.3) is 45.2 Å². The number of ether oxygens (including phenoxy) is 1. The van der Waals surface area contributed by atoms with Gasteiger partial charge in [0.1, 0.15) is 22.6 Å². The third-order valence-corrected chi connectivity index (χ3v) is 10.5. The Morgan fingerprint density at radius 3 is 1.57 bits per heavy atom. The zero-order chi connectivity index (χ0) is 46.8. The summed E-state index contributed by atoms with van der Waals surface area (Å²) in [5.74, 6) is -3.25. The molecule has 1 saturated heterocycles. The third kappa shape index (κ3) is 10.7. The van der Waals surface area contributed by atoms with Crippen molar-refractivity contribution in [2.75, 3.05) is 25.1 Å². The fourth-order valence-electron chi connectivity index (χ4n) is 7.10. The van der Waals surface area contributed by atoms with Crippen molar-refractivity contribution in [3.05, 3.63) is 150 Å². The predicted octanol–water partition coefficient (Wildman–Crippen LogP) is 5.84. The van der Waals surface area contributed by atoms with Crippen molar-refractivity contribution >= 4 is 23.6 Å². The molecule has 0 aliphatic carbocycles. The smallest absolute Gasteiger partial charge is 0.345 e. The van der Waals surface area contributed by atoms with Gasteiger partial charge in [-0.15, -0.1) is 10.2 Å². The van der Waals surface area contributed by atoms with Gasteiger partial charge in [0, 0.05) is 30.4 Å². The van der Waals surface area contributed by atoms with Crippen LogP contribution in [0.1, 0.15) is 68.9 Å². The van der Waals surface area contributed by atoms with E-state index in [1.165, 1.54) is 31.0 Å². The van der Waals surface area contributed by atoms with Gasteiger partial charge in [-0.05, 0) is 107 Å². The first kappa shape index (κ1) is 45.9. The Balaban J connectivity index is 0.000000162. The molecule has 19 nitrogen and oxygen atoms in total. The van der Waals surface area contributed by atoms with E-state index in [1.807, 2.05) is 74.5 Å². The summed E-state index contributed by atoms with van der Waals surface area (Å²) in [6.45, 7) is 5.90. The Labute approximate surface area is 369 Å². The molecule has 5 heterocycles. The fraction of sp³-hybridized carbons (Fsp3) is 0.196. The van der Waals surface area contributed by atoms with Crippen molar-refractivity contribution in [3.8, 4) is 56.7 Å². The highest BCUT2D eigenvalue weighted by Gasteiger charge is 2.19. The molecule has 0 radical (unpaired) electrons. The Bertz CT molecular complexity index is 2990. The van der Waals surface area contributed by atoms with Crippen molar-refractivity contribution in [2.45, 2.75) is 39.5 Å². The Hall–Kier alpha value is -8.61. The summed E-state index contributed by atoms with van der Waals surface area (Å²) in [6.07, 6.45) is 3.61. The van der Waals surface area contributed by atoms with Crippen LogP contribution in [-0.2, 0) is 12.8 Å². The minimum atomic E-state index is -1.45. The van der Waals surface area contributed by atoms with E-state index in [2.05, 4.69) is 40.5 Å². The van der Waals surface area contributed by atoms with Crippen LogP contribution in [-0.4, -0.2) is 94.1 Å². The SMILES string of the molecule is CCc1cc(C(=O)O)c(=O)[nH]c1-c1ccc(-c2nn[nH]n2)cc1.CCc1cc(C(=O)O)c(=O)[nH]c1-c1ccc(OC)cc1.O=C(O)c1c(O)cc(-c2ccc(N3CCCC3)cc2)[nH]c1=O. The molecule has 0 amide bonds. The van der Waals surface area contributed by atoms with Crippen molar-refractivity contribution in [1.82, 2.24) is 35.6 Å². The lowest BCUT2D eigenvalue weighted by Crippen LogP contribution is -2.19. The van der Waals surface area contributed by atoms with Gasteiger partial charge >= 0.3 is 17.9 Å². The molecule has 1 fully saturated rings. The van der Waals surface area contributed by atoms with Gasteiger partial charge in [-0.3, -0.25) is 14.4 Å². The zero-order valence-electron chi connectivity index (χ0n) is 35.3. The van der Waals surface area contributed by atoms with Gasteiger partial charge in [-0.1, -0.05) is 50.2 Å². The molecule has 4 aromatic heterocycles. The molecule has 8 N–H and O–H groups in total. The first-order valence-electron chi connectivity index (χ1n) is 20.2. The molecule has 19 heteroatoms. The van der Waals surface area contributed by atoms with Gasteiger partial charge in [0.25, 0.3) is 16.7 Å². The first-order valence-corrected chi connectivity index (χ1v) is 20.2. The molecule has 0 bridgehead atoms. The summed E-state index contributed by atoms with van der Waals surface area (Å²) in [7, 11) is 1.58. The number of nitrogens with one attached hydrogen (secondary N) is 4. The van der Waals surface area contributed by atoms with E-state index in [-0.39, 0.29) is 11.1 Å². The van der Waals surface area contributed by atoms with Gasteiger partial charge in [-0.2, -0.15) is 5.21 Å². The van der Waals surface area contributed by atoms with Gasteiger partial charge in [0.05, 0.1) is 24.2 Å². The van der Waals surface area contributed by atoms with Gasteiger partial charge < -0.3 is 45.0 Å². The number of tetrazole rings is 1. The minimum absolute atomic E-state index is 0.237. The molecule has 65 heavy (non-hydrogen) atoms. The predicted molar refractivity (Wildman–Crippen MR) is 240 cm³/mol. The molecule has 8 rings (SSSR count). The maximum absolute atomic E-state index is 11.9. The van der Waals surface area contributed by atoms with Crippen LogP contribution in [0.3, 0.4) is 0 Å². The Morgan fingerprint density at radius 2 is 1.14 bits per heavy atom. The van der Waals surface area contributed by atoms with Crippen molar-refractivity contribution in [3.63, 3.8) is 0 Å². The van der Waals surface area contributed by atoms with Crippen LogP contribution < -0.4 is 26.3 Å². The van der Waals surface area contributed by atoms with Crippen molar-refractivity contribution < 1.29 is 39.5 Å².